The Balaban J connectivity index is 2.18. The van der Waals surface area contributed by atoms with Crippen LogP contribution in [0.2, 0.25) is 0 Å². The van der Waals surface area contributed by atoms with Crippen molar-refractivity contribution in [2.75, 3.05) is 5.73 Å². The molecular weight excluding hydrogens is 271 g/mol. The molecule has 0 amide bonds. The molecule has 0 aliphatic rings. The third-order valence-electron chi connectivity index (χ3n) is 2.46. The van der Waals surface area contributed by atoms with Gasteiger partial charge in [-0.1, -0.05) is 0 Å². The molecule has 102 valence electrons. The lowest BCUT2D eigenvalue weighted by atomic mass is 10.3. The zero-order valence-electron chi connectivity index (χ0n) is 10.2. The molecular formula is C11H13FN4O2S. The number of nitrogen functional groups attached to an aromatic ring is 1. The van der Waals surface area contributed by atoms with Crippen LogP contribution in [0.3, 0.4) is 0 Å². The van der Waals surface area contributed by atoms with Crippen LogP contribution in [0.15, 0.2) is 35.4 Å². The normalized spacial score (nSPS) is 11.7. The van der Waals surface area contributed by atoms with Crippen molar-refractivity contribution in [3.8, 4) is 0 Å². The standard InChI is InChI=1S/C11H13FN4O2S/c1-16-5-4-9(15-16)7-14-19(17,18)11-3-2-8(13)6-10(11)12/h2-6,14H,7,13H2,1H3. The summed E-state index contributed by atoms with van der Waals surface area (Å²) < 4.78 is 41.2. The van der Waals surface area contributed by atoms with Crippen molar-refractivity contribution >= 4 is 15.7 Å². The second-order valence-electron chi connectivity index (χ2n) is 4.00. The first-order chi connectivity index (χ1) is 8.88. The van der Waals surface area contributed by atoms with Crippen LogP contribution >= 0.6 is 0 Å². The van der Waals surface area contributed by atoms with Crippen molar-refractivity contribution in [3.05, 3.63) is 42.0 Å². The molecule has 0 atom stereocenters. The van der Waals surface area contributed by atoms with Gasteiger partial charge in [-0.3, -0.25) is 4.68 Å². The first-order valence-electron chi connectivity index (χ1n) is 5.42. The van der Waals surface area contributed by atoms with Crippen molar-refractivity contribution in [3.63, 3.8) is 0 Å². The predicted molar refractivity (Wildman–Crippen MR) is 68.0 cm³/mol. The van der Waals surface area contributed by atoms with Gasteiger partial charge in [0.1, 0.15) is 10.7 Å². The van der Waals surface area contributed by atoms with Crippen LogP contribution in [0, 0.1) is 5.82 Å². The van der Waals surface area contributed by atoms with Crippen molar-refractivity contribution in [1.82, 2.24) is 14.5 Å². The molecule has 0 aliphatic carbocycles. The fraction of sp³-hybridized carbons (Fsp3) is 0.182. The average Bonchev–Trinajstić information content (AvgIpc) is 2.72. The average molecular weight is 284 g/mol. The molecule has 2 aromatic rings. The fourth-order valence-corrected chi connectivity index (χ4v) is 2.60. The lowest BCUT2D eigenvalue weighted by molar-refractivity contribution is 0.556. The number of nitrogens with one attached hydrogen (secondary N) is 1. The summed E-state index contributed by atoms with van der Waals surface area (Å²) in [6, 6.07) is 5.10. The van der Waals surface area contributed by atoms with E-state index >= 15 is 0 Å². The number of halogens is 1. The number of rotatable bonds is 4. The van der Waals surface area contributed by atoms with E-state index in [9.17, 15) is 12.8 Å². The molecule has 0 radical (unpaired) electrons. The zero-order valence-corrected chi connectivity index (χ0v) is 11.0. The Labute approximate surface area is 110 Å². The lowest BCUT2D eigenvalue weighted by Crippen LogP contribution is -2.24. The Morgan fingerprint density at radius 1 is 1.42 bits per heavy atom. The van der Waals surface area contributed by atoms with Crippen LogP contribution < -0.4 is 10.5 Å². The minimum Gasteiger partial charge on any atom is -0.399 e. The highest BCUT2D eigenvalue weighted by atomic mass is 32.2. The van der Waals surface area contributed by atoms with Gasteiger partial charge in [0.05, 0.1) is 12.2 Å². The number of aryl methyl sites for hydroxylation is 1. The van der Waals surface area contributed by atoms with E-state index in [1.807, 2.05) is 0 Å². The zero-order chi connectivity index (χ0) is 14.0. The Morgan fingerprint density at radius 3 is 2.74 bits per heavy atom. The van der Waals surface area contributed by atoms with E-state index in [1.54, 1.807) is 24.0 Å². The fourth-order valence-electron chi connectivity index (χ4n) is 1.54. The van der Waals surface area contributed by atoms with E-state index < -0.39 is 20.7 Å². The molecule has 3 N–H and O–H groups in total. The second kappa shape index (κ2) is 4.98. The molecule has 8 heteroatoms. The Kier molecular flexibility index (Phi) is 3.54. The predicted octanol–water partition coefficient (Wildman–Crippen LogP) is 0.620. The highest BCUT2D eigenvalue weighted by molar-refractivity contribution is 7.89. The topological polar surface area (TPSA) is 90.0 Å². The Hall–Kier alpha value is -1.93. The van der Waals surface area contributed by atoms with Gasteiger partial charge in [-0.25, -0.2) is 17.5 Å². The summed E-state index contributed by atoms with van der Waals surface area (Å²) in [5.74, 6) is -0.881. The molecule has 0 fully saturated rings. The molecule has 19 heavy (non-hydrogen) atoms. The molecule has 0 spiro atoms. The van der Waals surface area contributed by atoms with Crippen LogP contribution in [0.4, 0.5) is 10.1 Å². The van der Waals surface area contributed by atoms with Crippen molar-refractivity contribution in [1.29, 1.82) is 0 Å². The van der Waals surface area contributed by atoms with Gasteiger partial charge in [0.25, 0.3) is 0 Å². The van der Waals surface area contributed by atoms with Crippen LogP contribution in [-0.4, -0.2) is 18.2 Å². The van der Waals surface area contributed by atoms with Crippen LogP contribution in [-0.2, 0) is 23.6 Å². The summed E-state index contributed by atoms with van der Waals surface area (Å²) in [7, 11) is -2.21. The molecule has 6 nitrogen and oxygen atoms in total. The summed E-state index contributed by atoms with van der Waals surface area (Å²) >= 11 is 0. The van der Waals surface area contributed by atoms with E-state index in [0.29, 0.717) is 5.69 Å². The Morgan fingerprint density at radius 2 is 2.16 bits per heavy atom. The van der Waals surface area contributed by atoms with Gasteiger partial charge in [-0.2, -0.15) is 5.10 Å². The molecule has 1 aromatic heterocycles. The highest BCUT2D eigenvalue weighted by Crippen LogP contribution is 2.17. The highest BCUT2D eigenvalue weighted by Gasteiger charge is 2.19. The largest absolute Gasteiger partial charge is 0.399 e. The van der Waals surface area contributed by atoms with Gasteiger partial charge < -0.3 is 5.73 Å². The summed E-state index contributed by atoms with van der Waals surface area (Å²) in [6.45, 7) is -0.00695. The van der Waals surface area contributed by atoms with Crippen molar-refractivity contribution in [2.24, 2.45) is 7.05 Å². The molecule has 2 rings (SSSR count). The number of nitrogens with two attached hydrogens (primary N) is 1. The molecule has 1 aromatic carbocycles. The number of benzene rings is 1. The first kappa shape index (κ1) is 13.5. The minimum atomic E-state index is -3.93. The van der Waals surface area contributed by atoms with Crippen LogP contribution in [0.1, 0.15) is 5.69 Å². The summed E-state index contributed by atoms with van der Waals surface area (Å²) in [5, 5.41) is 4.02. The van der Waals surface area contributed by atoms with Crippen LogP contribution in [0.5, 0.6) is 0 Å². The lowest BCUT2D eigenvalue weighted by Gasteiger charge is -2.07. The molecule has 0 unspecified atom stereocenters. The van der Waals surface area contributed by atoms with Crippen molar-refractivity contribution < 1.29 is 12.8 Å². The molecule has 0 aliphatic heterocycles. The smallest absolute Gasteiger partial charge is 0.243 e. The van der Waals surface area contributed by atoms with E-state index in [1.165, 1.54) is 6.07 Å². The van der Waals surface area contributed by atoms with Gasteiger partial charge in [0.15, 0.2) is 0 Å². The molecule has 0 saturated heterocycles. The molecule has 0 saturated carbocycles. The van der Waals surface area contributed by atoms with E-state index in [-0.39, 0.29) is 12.2 Å². The minimum absolute atomic E-state index is 0.00695. The first-order valence-corrected chi connectivity index (χ1v) is 6.90. The van der Waals surface area contributed by atoms with Gasteiger partial charge in [-0.05, 0) is 24.3 Å². The summed E-state index contributed by atoms with van der Waals surface area (Å²) in [5.41, 5.74) is 6.08. The quantitative estimate of drug-likeness (QED) is 0.805. The maximum atomic E-state index is 13.6. The maximum Gasteiger partial charge on any atom is 0.243 e. The van der Waals surface area contributed by atoms with Gasteiger partial charge >= 0.3 is 0 Å². The second-order valence-corrected chi connectivity index (χ2v) is 5.73. The number of aromatic nitrogens is 2. The third kappa shape index (κ3) is 3.09. The number of hydrogen-bond acceptors (Lipinski definition) is 4. The molecule has 1 heterocycles. The number of anilines is 1. The maximum absolute atomic E-state index is 13.6. The SMILES string of the molecule is Cn1ccc(CNS(=O)(=O)c2ccc(N)cc2F)n1. The van der Waals surface area contributed by atoms with Gasteiger partial charge in [0, 0.05) is 18.9 Å². The summed E-state index contributed by atoms with van der Waals surface area (Å²) in [6.07, 6.45) is 1.69. The third-order valence-corrected chi connectivity index (χ3v) is 3.89. The van der Waals surface area contributed by atoms with Gasteiger partial charge in [0.2, 0.25) is 10.0 Å². The van der Waals surface area contributed by atoms with E-state index in [2.05, 4.69) is 9.82 Å². The van der Waals surface area contributed by atoms with Crippen LogP contribution in [0.25, 0.3) is 0 Å². The Bertz CT molecular complexity index is 696. The van der Waals surface area contributed by atoms with E-state index in [0.717, 1.165) is 12.1 Å². The molecule has 0 bridgehead atoms. The van der Waals surface area contributed by atoms with Gasteiger partial charge in [-0.15, -0.1) is 0 Å². The monoisotopic (exact) mass is 284 g/mol. The number of sulfonamides is 1. The number of hydrogen-bond donors (Lipinski definition) is 2. The number of nitrogens with zero attached hydrogens (tertiary/aromatic N) is 2. The van der Waals surface area contributed by atoms with E-state index in [4.69, 9.17) is 5.73 Å². The van der Waals surface area contributed by atoms with Crippen molar-refractivity contribution in [2.45, 2.75) is 11.4 Å². The summed E-state index contributed by atoms with van der Waals surface area (Å²) in [4.78, 5) is -0.433.